The first-order valence-electron chi connectivity index (χ1n) is 7.43. The van der Waals surface area contributed by atoms with Gasteiger partial charge in [-0.05, 0) is 49.9 Å². The maximum atomic E-state index is 6.26. The predicted molar refractivity (Wildman–Crippen MR) is 82.5 cm³/mol. The molecule has 1 aliphatic rings. The van der Waals surface area contributed by atoms with Gasteiger partial charge in [-0.15, -0.1) is 0 Å². The average Bonchev–Trinajstić information content (AvgIpc) is 2.85. The van der Waals surface area contributed by atoms with Gasteiger partial charge < -0.3 is 10.6 Å². The molecule has 0 spiro atoms. The Kier molecular flexibility index (Phi) is 5.68. The van der Waals surface area contributed by atoms with Crippen LogP contribution in [0.1, 0.15) is 44.2 Å². The summed E-state index contributed by atoms with van der Waals surface area (Å²) in [6, 6.07) is 7.97. The van der Waals surface area contributed by atoms with Gasteiger partial charge in [0, 0.05) is 17.6 Å². The number of hydrogen-bond acceptors (Lipinski definition) is 2. The molecular formula is C16H25ClN2. The number of nitrogens with zero attached hydrogens (tertiary/aromatic N) is 1. The first-order chi connectivity index (χ1) is 9.20. The quantitative estimate of drug-likeness (QED) is 0.858. The molecule has 1 aromatic rings. The maximum absolute atomic E-state index is 6.26. The summed E-state index contributed by atoms with van der Waals surface area (Å²) < 4.78 is 0. The zero-order valence-corrected chi connectivity index (χ0v) is 12.6. The summed E-state index contributed by atoms with van der Waals surface area (Å²) in [4.78, 5) is 2.55. The molecule has 0 radical (unpaired) electrons. The van der Waals surface area contributed by atoms with Crippen LogP contribution in [0.4, 0.5) is 0 Å². The van der Waals surface area contributed by atoms with Crippen LogP contribution < -0.4 is 5.73 Å². The SMILES string of the molecule is CCCC1CCN(CCC(N)c2ccccc2Cl)C1. The number of likely N-dealkylation sites (tertiary alicyclic amines) is 1. The van der Waals surface area contributed by atoms with Crippen LogP contribution in [-0.2, 0) is 0 Å². The standard InChI is InChI=1S/C16H25ClN2/c1-2-5-13-8-10-19(12-13)11-9-16(18)14-6-3-4-7-15(14)17/h3-4,6-7,13,16H,2,5,8-12,18H2,1H3. The fraction of sp³-hybridized carbons (Fsp3) is 0.625. The van der Waals surface area contributed by atoms with E-state index in [9.17, 15) is 0 Å². The lowest BCUT2D eigenvalue weighted by Crippen LogP contribution is -2.25. The van der Waals surface area contributed by atoms with Gasteiger partial charge >= 0.3 is 0 Å². The Bertz CT molecular complexity index is 394. The van der Waals surface area contributed by atoms with Crippen LogP contribution in [0.2, 0.25) is 5.02 Å². The molecule has 0 aliphatic carbocycles. The minimum atomic E-state index is 0.0546. The van der Waals surface area contributed by atoms with E-state index in [1.807, 2.05) is 24.3 Å². The number of benzene rings is 1. The smallest absolute Gasteiger partial charge is 0.0453 e. The maximum Gasteiger partial charge on any atom is 0.0453 e. The number of nitrogens with two attached hydrogens (primary N) is 1. The van der Waals surface area contributed by atoms with Crippen molar-refractivity contribution in [2.75, 3.05) is 19.6 Å². The highest BCUT2D eigenvalue weighted by molar-refractivity contribution is 6.31. The molecule has 3 heteroatoms. The topological polar surface area (TPSA) is 29.3 Å². The number of rotatable bonds is 6. The van der Waals surface area contributed by atoms with Crippen molar-refractivity contribution in [1.82, 2.24) is 4.90 Å². The van der Waals surface area contributed by atoms with Crippen LogP contribution in [0.5, 0.6) is 0 Å². The van der Waals surface area contributed by atoms with E-state index in [2.05, 4.69) is 11.8 Å². The van der Waals surface area contributed by atoms with Gasteiger partial charge in [0.1, 0.15) is 0 Å². The first-order valence-corrected chi connectivity index (χ1v) is 7.81. The van der Waals surface area contributed by atoms with E-state index < -0.39 is 0 Å². The molecular weight excluding hydrogens is 256 g/mol. The van der Waals surface area contributed by atoms with Crippen molar-refractivity contribution in [3.05, 3.63) is 34.9 Å². The van der Waals surface area contributed by atoms with Gasteiger partial charge in [0.2, 0.25) is 0 Å². The molecule has 106 valence electrons. The highest BCUT2D eigenvalue weighted by atomic mass is 35.5. The largest absolute Gasteiger partial charge is 0.324 e. The summed E-state index contributed by atoms with van der Waals surface area (Å²) in [5.41, 5.74) is 7.33. The summed E-state index contributed by atoms with van der Waals surface area (Å²) in [6.07, 6.45) is 5.02. The second kappa shape index (κ2) is 7.28. The van der Waals surface area contributed by atoms with Gasteiger partial charge in [-0.25, -0.2) is 0 Å². The second-order valence-corrected chi connectivity index (χ2v) is 6.07. The van der Waals surface area contributed by atoms with Crippen LogP contribution in [-0.4, -0.2) is 24.5 Å². The average molecular weight is 281 g/mol. The van der Waals surface area contributed by atoms with Crippen LogP contribution in [0.15, 0.2) is 24.3 Å². The third kappa shape index (κ3) is 4.20. The molecule has 1 aliphatic heterocycles. The summed E-state index contributed by atoms with van der Waals surface area (Å²) in [6.45, 7) is 5.85. The van der Waals surface area contributed by atoms with Crippen molar-refractivity contribution in [2.24, 2.45) is 11.7 Å². The third-order valence-corrected chi connectivity index (χ3v) is 4.47. The molecule has 0 amide bonds. The molecule has 2 rings (SSSR count). The number of halogens is 1. The van der Waals surface area contributed by atoms with Crippen molar-refractivity contribution in [2.45, 2.75) is 38.6 Å². The monoisotopic (exact) mass is 280 g/mol. The van der Waals surface area contributed by atoms with E-state index in [1.54, 1.807) is 0 Å². The molecule has 2 atom stereocenters. The van der Waals surface area contributed by atoms with Gasteiger partial charge in [-0.1, -0.05) is 43.1 Å². The fourth-order valence-corrected chi connectivity index (χ4v) is 3.29. The van der Waals surface area contributed by atoms with Gasteiger partial charge in [-0.3, -0.25) is 0 Å². The summed E-state index contributed by atoms with van der Waals surface area (Å²) in [7, 11) is 0. The Morgan fingerprint density at radius 3 is 2.95 bits per heavy atom. The minimum absolute atomic E-state index is 0.0546. The zero-order chi connectivity index (χ0) is 13.7. The minimum Gasteiger partial charge on any atom is -0.324 e. The molecule has 2 unspecified atom stereocenters. The van der Waals surface area contributed by atoms with E-state index in [0.29, 0.717) is 0 Å². The molecule has 19 heavy (non-hydrogen) atoms. The molecule has 0 saturated carbocycles. The lowest BCUT2D eigenvalue weighted by Gasteiger charge is -2.19. The van der Waals surface area contributed by atoms with Crippen LogP contribution in [0, 0.1) is 5.92 Å². The van der Waals surface area contributed by atoms with Crippen molar-refractivity contribution in [3.8, 4) is 0 Å². The van der Waals surface area contributed by atoms with Gasteiger partial charge in [-0.2, -0.15) is 0 Å². The molecule has 1 heterocycles. The van der Waals surface area contributed by atoms with Gasteiger partial charge in [0.25, 0.3) is 0 Å². The van der Waals surface area contributed by atoms with Crippen LogP contribution in [0.25, 0.3) is 0 Å². The first kappa shape index (κ1) is 14.8. The van der Waals surface area contributed by atoms with Crippen LogP contribution in [0.3, 0.4) is 0 Å². The second-order valence-electron chi connectivity index (χ2n) is 5.66. The van der Waals surface area contributed by atoms with Crippen molar-refractivity contribution in [3.63, 3.8) is 0 Å². The molecule has 2 N–H and O–H groups in total. The normalized spacial score (nSPS) is 21.7. The Hall–Kier alpha value is -0.570. The summed E-state index contributed by atoms with van der Waals surface area (Å²) in [5.74, 6) is 0.904. The highest BCUT2D eigenvalue weighted by Gasteiger charge is 2.22. The van der Waals surface area contributed by atoms with Crippen molar-refractivity contribution < 1.29 is 0 Å². The summed E-state index contributed by atoms with van der Waals surface area (Å²) in [5, 5.41) is 0.792. The molecule has 1 fully saturated rings. The summed E-state index contributed by atoms with van der Waals surface area (Å²) >= 11 is 6.19. The Labute approximate surface area is 121 Å². The fourth-order valence-electron chi connectivity index (χ4n) is 3.01. The van der Waals surface area contributed by atoms with Gasteiger partial charge in [0.05, 0.1) is 0 Å². The molecule has 1 aromatic carbocycles. The van der Waals surface area contributed by atoms with Crippen molar-refractivity contribution in [1.29, 1.82) is 0 Å². The Morgan fingerprint density at radius 1 is 1.42 bits per heavy atom. The van der Waals surface area contributed by atoms with E-state index in [0.717, 1.165) is 29.5 Å². The van der Waals surface area contributed by atoms with Crippen molar-refractivity contribution >= 4 is 11.6 Å². The lowest BCUT2D eigenvalue weighted by molar-refractivity contribution is 0.306. The molecule has 0 bridgehead atoms. The third-order valence-electron chi connectivity index (χ3n) is 4.13. The Morgan fingerprint density at radius 2 is 2.21 bits per heavy atom. The molecule has 1 saturated heterocycles. The molecule has 0 aromatic heterocycles. The highest BCUT2D eigenvalue weighted by Crippen LogP contribution is 2.25. The number of hydrogen-bond donors (Lipinski definition) is 1. The van der Waals surface area contributed by atoms with E-state index in [1.165, 1.54) is 32.4 Å². The van der Waals surface area contributed by atoms with E-state index >= 15 is 0 Å². The van der Waals surface area contributed by atoms with E-state index in [-0.39, 0.29) is 6.04 Å². The molecule has 2 nitrogen and oxygen atoms in total. The Balaban J connectivity index is 1.78. The van der Waals surface area contributed by atoms with Crippen LogP contribution >= 0.6 is 11.6 Å². The van der Waals surface area contributed by atoms with E-state index in [4.69, 9.17) is 17.3 Å². The van der Waals surface area contributed by atoms with Gasteiger partial charge in [0.15, 0.2) is 0 Å². The predicted octanol–water partition coefficient (Wildman–Crippen LogP) is 3.85. The zero-order valence-electron chi connectivity index (χ0n) is 11.8. The lowest BCUT2D eigenvalue weighted by atomic mass is 10.0.